The van der Waals surface area contributed by atoms with Gasteiger partial charge in [0.05, 0.1) is 38.0 Å². The molecule has 0 spiro atoms. The summed E-state index contributed by atoms with van der Waals surface area (Å²) >= 11 is 1.13. The third-order valence-corrected chi connectivity index (χ3v) is 15.7. The van der Waals surface area contributed by atoms with Gasteiger partial charge in [0, 0.05) is 38.2 Å². The predicted octanol–water partition coefficient (Wildman–Crippen LogP) is 8.24. The van der Waals surface area contributed by atoms with Gasteiger partial charge in [-0.3, -0.25) is 52.4 Å². The van der Waals surface area contributed by atoms with Crippen LogP contribution in [0.15, 0.2) is 4.99 Å². The summed E-state index contributed by atoms with van der Waals surface area (Å²) in [5.41, 5.74) is 10.6. The number of unbranched alkanes of at least 4 members (excludes halogenated alkanes) is 28. The van der Waals surface area contributed by atoms with E-state index in [9.17, 15) is 52.9 Å². The summed E-state index contributed by atoms with van der Waals surface area (Å²) in [6.07, 6.45) is 34.4. The number of carbonyl (C=O) groups excluding carboxylic acids is 6. The van der Waals surface area contributed by atoms with Crippen molar-refractivity contribution in [1.29, 1.82) is 0 Å². The summed E-state index contributed by atoms with van der Waals surface area (Å²) < 4.78 is 34.1. The van der Waals surface area contributed by atoms with Crippen LogP contribution in [0.4, 0.5) is 0 Å². The molecule has 0 fully saturated rings. The third kappa shape index (κ3) is 54.6. The number of ether oxygens (including phenoxy) is 2. The average molecular weight is 1250 g/mol. The van der Waals surface area contributed by atoms with E-state index in [-0.39, 0.29) is 69.4 Å². The van der Waals surface area contributed by atoms with Gasteiger partial charge in [-0.25, -0.2) is 4.57 Å². The van der Waals surface area contributed by atoms with E-state index >= 15 is 0 Å². The lowest BCUT2D eigenvalue weighted by Crippen LogP contribution is -2.52. The van der Waals surface area contributed by atoms with Crippen LogP contribution in [0.1, 0.15) is 239 Å². The molecule has 0 rings (SSSR count). The van der Waals surface area contributed by atoms with Crippen molar-refractivity contribution in [3.05, 3.63) is 0 Å². The molecule has 4 atom stereocenters. The van der Waals surface area contributed by atoms with Crippen LogP contribution < -0.4 is 38.1 Å². The van der Waals surface area contributed by atoms with Crippen molar-refractivity contribution in [3.8, 4) is 0 Å². The van der Waals surface area contributed by atoms with Crippen LogP contribution in [-0.4, -0.2) is 151 Å². The quantitative estimate of drug-likeness (QED) is 0.00900. The molecule has 494 valence electrons. The minimum Gasteiger partial charge on any atom is -0.481 e. The molecule has 0 aromatic rings. The first-order chi connectivity index (χ1) is 40.9. The topological polar surface area (TPSA) is 376 Å². The number of aliphatic carboxylic acids is 2. The summed E-state index contributed by atoms with van der Waals surface area (Å²) in [6, 6.07) is -2.47. The van der Waals surface area contributed by atoms with Crippen LogP contribution in [0.3, 0.4) is 0 Å². The van der Waals surface area contributed by atoms with Gasteiger partial charge in [-0.1, -0.05) is 194 Å². The Morgan fingerprint density at radius 3 is 1.49 bits per heavy atom. The predicted molar refractivity (Wildman–Crippen MR) is 332 cm³/mol. The molecule has 0 aliphatic rings. The number of amides is 4. The van der Waals surface area contributed by atoms with Crippen molar-refractivity contribution in [2.24, 2.45) is 16.5 Å². The molecule has 0 radical (unpaired) electrons. The van der Waals surface area contributed by atoms with Gasteiger partial charge in [0.1, 0.15) is 19.2 Å². The van der Waals surface area contributed by atoms with Crippen molar-refractivity contribution >= 4 is 73.1 Å². The van der Waals surface area contributed by atoms with E-state index in [1.54, 1.807) is 0 Å². The molecular weight excluding hydrogens is 1140 g/mol. The molecule has 0 aliphatic carbocycles. The van der Waals surface area contributed by atoms with Crippen LogP contribution in [0, 0.1) is 0 Å². The van der Waals surface area contributed by atoms with E-state index in [1.165, 1.54) is 135 Å². The molecule has 0 aliphatic heterocycles. The van der Waals surface area contributed by atoms with E-state index in [4.69, 9.17) is 35.1 Å². The molecule has 26 heteroatoms. The zero-order valence-corrected chi connectivity index (χ0v) is 53.4. The Morgan fingerprint density at radius 1 is 0.541 bits per heavy atom. The van der Waals surface area contributed by atoms with Crippen LogP contribution in [0.5, 0.6) is 0 Å². The van der Waals surface area contributed by atoms with Crippen molar-refractivity contribution < 1.29 is 76.5 Å². The summed E-state index contributed by atoms with van der Waals surface area (Å²) in [5, 5.41) is 30.5. The number of esters is 2. The molecular formula is C59H111N8O16PS. The van der Waals surface area contributed by atoms with Crippen LogP contribution >= 0.6 is 19.6 Å². The molecule has 2 unspecified atom stereocenters. The number of nitrogens with two attached hydrogens (primary N) is 2. The molecule has 12 N–H and O–H groups in total. The first kappa shape index (κ1) is 80.5. The number of phosphoric acid groups is 1. The van der Waals surface area contributed by atoms with Gasteiger partial charge in [-0.2, -0.15) is 11.8 Å². The Balaban J connectivity index is 4.92. The van der Waals surface area contributed by atoms with Crippen molar-refractivity contribution in [2.75, 3.05) is 64.1 Å². The van der Waals surface area contributed by atoms with E-state index in [0.717, 1.165) is 56.7 Å². The lowest BCUT2D eigenvalue weighted by molar-refractivity contribution is -0.161. The largest absolute Gasteiger partial charge is 0.481 e. The highest BCUT2D eigenvalue weighted by Gasteiger charge is 2.27. The SMILES string of the molecule is CCCCCCCCCCCCCCCCCC(=O)OCC(COP(=O)(O)OCCNC(=O)CSCCN[C@@H](CC(=O)O)C(=O)NCC(=O)N[C@@H](CCCN=C(N)N)C(=O)NCC(=O)O)OC(=O)CCCCCCCCCCCCCCCCC. The molecule has 85 heavy (non-hydrogen) atoms. The van der Waals surface area contributed by atoms with Gasteiger partial charge in [-0.05, 0) is 25.7 Å². The Kier molecular flexibility index (Phi) is 53.0. The van der Waals surface area contributed by atoms with Crippen molar-refractivity contribution in [3.63, 3.8) is 0 Å². The number of carboxylic acid groups (broad SMARTS) is 2. The number of guanidine groups is 1. The van der Waals surface area contributed by atoms with Crippen molar-refractivity contribution in [2.45, 2.75) is 257 Å². The molecule has 0 saturated carbocycles. The fourth-order valence-electron chi connectivity index (χ4n) is 9.01. The van der Waals surface area contributed by atoms with Gasteiger partial charge in [0.25, 0.3) is 0 Å². The monoisotopic (exact) mass is 1250 g/mol. The zero-order valence-electron chi connectivity index (χ0n) is 51.7. The van der Waals surface area contributed by atoms with Gasteiger partial charge < -0.3 is 62.6 Å². The summed E-state index contributed by atoms with van der Waals surface area (Å²) in [6.45, 7) is 1.75. The molecule has 24 nitrogen and oxygen atoms in total. The Hall–Kier alpha value is -4.55. The second kappa shape index (κ2) is 56.0. The first-order valence-electron chi connectivity index (χ1n) is 31.8. The standard InChI is InChI=1S/C59H111N8O16PS/c1-3-5-7-9-11-13-15-17-19-21-23-25-27-29-31-35-55(74)80-45-48(83-56(75)36-32-30-28-26-24-22-20-18-16-14-12-10-8-6-4-2)46-82-84(78,79)81-40-38-63-52(69)47-85-41-39-62-50(42-53(70)71)58(77)65-43-51(68)67-49(34-33-37-64-59(60)61)57(76)66-44-54(72)73/h48-50,62H,3-47H2,1-2H3,(H,63,69)(H,65,77)(H,66,76)(H,67,68)(H,70,71)(H,72,73)(H,78,79)(H4,60,61,64)/t48?,49-,50-/m0/s1. The maximum Gasteiger partial charge on any atom is 0.472 e. The van der Waals surface area contributed by atoms with E-state index in [2.05, 4.69) is 45.4 Å². The summed E-state index contributed by atoms with van der Waals surface area (Å²) in [7, 11) is -4.73. The van der Waals surface area contributed by atoms with Crippen LogP contribution in [-0.2, 0) is 61.4 Å². The molecule has 0 bridgehead atoms. The second-order valence-electron chi connectivity index (χ2n) is 21.7. The highest BCUT2D eigenvalue weighted by atomic mass is 32.2. The van der Waals surface area contributed by atoms with Gasteiger partial charge in [-0.15, -0.1) is 0 Å². The highest BCUT2D eigenvalue weighted by molar-refractivity contribution is 7.99. The fourth-order valence-corrected chi connectivity index (χ4v) is 10.5. The summed E-state index contributed by atoms with van der Waals surface area (Å²) in [5.74, 6) is -6.57. The number of nitrogens with zero attached hydrogens (tertiary/aromatic N) is 1. The number of phosphoric ester groups is 1. The van der Waals surface area contributed by atoms with Crippen LogP contribution in [0.25, 0.3) is 0 Å². The number of rotatable bonds is 61. The minimum atomic E-state index is -4.73. The summed E-state index contributed by atoms with van der Waals surface area (Å²) in [4.78, 5) is 113. The Labute approximate surface area is 511 Å². The molecule has 0 saturated heterocycles. The maximum absolute atomic E-state index is 12.9. The maximum atomic E-state index is 12.9. The molecule has 0 aromatic heterocycles. The third-order valence-electron chi connectivity index (χ3n) is 13.8. The second-order valence-corrected chi connectivity index (χ2v) is 24.3. The van der Waals surface area contributed by atoms with Gasteiger partial charge >= 0.3 is 31.7 Å². The number of hydrogen-bond acceptors (Lipinski definition) is 16. The lowest BCUT2D eigenvalue weighted by atomic mass is 10.0. The van der Waals surface area contributed by atoms with Gasteiger partial charge in [0.2, 0.25) is 23.6 Å². The smallest absolute Gasteiger partial charge is 0.472 e. The van der Waals surface area contributed by atoms with Crippen molar-refractivity contribution in [1.82, 2.24) is 26.6 Å². The Morgan fingerprint density at radius 2 is 1.01 bits per heavy atom. The minimum absolute atomic E-state index is 0.0249. The number of carbonyl (C=O) groups is 8. The molecule has 0 heterocycles. The van der Waals surface area contributed by atoms with E-state index < -0.39 is 106 Å². The number of hydrogen-bond donors (Lipinski definition) is 10. The van der Waals surface area contributed by atoms with E-state index in [0.29, 0.717) is 12.8 Å². The number of thioether (sulfide) groups is 1. The Bertz CT molecular complexity index is 1890. The number of nitrogens with one attached hydrogen (secondary N) is 5. The lowest BCUT2D eigenvalue weighted by Gasteiger charge is -2.20. The first-order valence-corrected chi connectivity index (χ1v) is 34.4. The molecule has 0 aromatic carbocycles. The normalized spacial score (nSPS) is 12.9. The number of aliphatic imine (C=N–C) groups is 1. The van der Waals surface area contributed by atoms with E-state index in [1.807, 2.05) is 0 Å². The fraction of sp³-hybridized carbons (Fsp3) is 0.847. The number of carboxylic acids is 2. The average Bonchev–Trinajstić information content (AvgIpc) is 3.48. The molecule has 4 amide bonds. The zero-order chi connectivity index (χ0) is 63.0. The van der Waals surface area contributed by atoms with Gasteiger partial charge in [0.15, 0.2) is 12.1 Å². The van der Waals surface area contributed by atoms with Crippen LogP contribution in [0.2, 0.25) is 0 Å². The highest BCUT2D eigenvalue weighted by Crippen LogP contribution is 2.43.